The van der Waals surface area contributed by atoms with Crippen molar-refractivity contribution in [2.75, 3.05) is 18.5 Å². The number of anilines is 1. The Morgan fingerprint density at radius 2 is 2.15 bits per heavy atom. The summed E-state index contributed by atoms with van der Waals surface area (Å²) in [7, 11) is 2.01. The largest absolute Gasteiger partial charge is 0.371 e. The molecule has 20 heavy (non-hydrogen) atoms. The molecular formula is C16H21FN2S. The fourth-order valence-corrected chi connectivity index (χ4v) is 3.09. The molecular weight excluding hydrogens is 271 g/mol. The Balaban J connectivity index is 2.13. The standard InChI is InChI=1S/C16H21FN2S/c1-12(8-16-4-3-7-20-16)19(2)15-10-13(5-6-18)9-14(17)11-15/h3-4,7,9-12H,5-6,8,18H2,1-2H3. The topological polar surface area (TPSA) is 29.3 Å². The number of likely N-dealkylation sites (N-methyl/N-ethyl adjacent to an activating group) is 1. The minimum Gasteiger partial charge on any atom is -0.371 e. The Kier molecular flexibility index (Phi) is 5.15. The molecule has 0 saturated heterocycles. The van der Waals surface area contributed by atoms with Crippen LogP contribution >= 0.6 is 11.3 Å². The van der Waals surface area contributed by atoms with Crippen LogP contribution in [0.3, 0.4) is 0 Å². The molecule has 0 radical (unpaired) electrons. The highest BCUT2D eigenvalue weighted by Crippen LogP contribution is 2.22. The molecule has 4 heteroatoms. The van der Waals surface area contributed by atoms with Crippen LogP contribution in [-0.2, 0) is 12.8 Å². The van der Waals surface area contributed by atoms with Gasteiger partial charge >= 0.3 is 0 Å². The lowest BCUT2D eigenvalue weighted by molar-refractivity contribution is 0.621. The lowest BCUT2D eigenvalue weighted by Crippen LogP contribution is -2.30. The van der Waals surface area contributed by atoms with E-state index in [-0.39, 0.29) is 5.82 Å². The Morgan fingerprint density at radius 1 is 1.35 bits per heavy atom. The average molecular weight is 292 g/mol. The van der Waals surface area contributed by atoms with Crippen molar-refractivity contribution in [2.24, 2.45) is 5.73 Å². The molecule has 108 valence electrons. The Morgan fingerprint density at radius 3 is 2.80 bits per heavy atom. The van der Waals surface area contributed by atoms with Gasteiger partial charge in [-0.1, -0.05) is 6.07 Å². The number of nitrogens with two attached hydrogens (primary N) is 1. The first-order valence-corrected chi connectivity index (χ1v) is 7.73. The zero-order chi connectivity index (χ0) is 14.5. The Hall–Kier alpha value is -1.39. The van der Waals surface area contributed by atoms with Gasteiger partial charge in [0, 0.05) is 30.1 Å². The van der Waals surface area contributed by atoms with Gasteiger partial charge in [0.15, 0.2) is 0 Å². The van der Waals surface area contributed by atoms with E-state index in [2.05, 4.69) is 29.3 Å². The van der Waals surface area contributed by atoms with Crippen molar-refractivity contribution in [1.82, 2.24) is 0 Å². The van der Waals surface area contributed by atoms with Gasteiger partial charge in [0.05, 0.1) is 0 Å². The molecule has 0 aliphatic heterocycles. The van der Waals surface area contributed by atoms with E-state index in [0.717, 1.165) is 17.7 Å². The van der Waals surface area contributed by atoms with Gasteiger partial charge in [-0.3, -0.25) is 0 Å². The van der Waals surface area contributed by atoms with Crippen molar-refractivity contribution in [3.05, 3.63) is 52.0 Å². The van der Waals surface area contributed by atoms with Gasteiger partial charge in [-0.25, -0.2) is 4.39 Å². The van der Waals surface area contributed by atoms with Gasteiger partial charge in [0.1, 0.15) is 5.82 Å². The fraction of sp³-hybridized carbons (Fsp3) is 0.375. The minimum absolute atomic E-state index is 0.193. The van der Waals surface area contributed by atoms with E-state index in [9.17, 15) is 4.39 Å². The third-order valence-electron chi connectivity index (χ3n) is 3.52. The third-order valence-corrected chi connectivity index (χ3v) is 4.42. The van der Waals surface area contributed by atoms with Crippen molar-refractivity contribution in [2.45, 2.75) is 25.8 Å². The summed E-state index contributed by atoms with van der Waals surface area (Å²) in [5.74, 6) is -0.193. The molecule has 1 atom stereocenters. The molecule has 1 aromatic heterocycles. The lowest BCUT2D eigenvalue weighted by Gasteiger charge is -2.27. The molecule has 2 N–H and O–H groups in total. The minimum atomic E-state index is -0.193. The van der Waals surface area contributed by atoms with Crippen LogP contribution in [0.4, 0.5) is 10.1 Å². The molecule has 2 nitrogen and oxygen atoms in total. The molecule has 0 spiro atoms. The summed E-state index contributed by atoms with van der Waals surface area (Å²) >= 11 is 1.76. The second kappa shape index (κ2) is 6.86. The van der Waals surface area contributed by atoms with Crippen molar-refractivity contribution in [3.8, 4) is 0 Å². The van der Waals surface area contributed by atoms with Gasteiger partial charge in [0.25, 0.3) is 0 Å². The molecule has 0 bridgehead atoms. The number of halogens is 1. The van der Waals surface area contributed by atoms with Crippen LogP contribution < -0.4 is 10.6 Å². The van der Waals surface area contributed by atoms with Crippen molar-refractivity contribution < 1.29 is 4.39 Å². The smallest absolute Gasteiger partial charge is 0.125 e. The lowest BCUT2D eigenvalue weighted by atomic mass is 10.1. The zero-order valence-electron chi connectivity index (χ0n) is 12.0. The molecule has 0 saturated carbocycles. The molecule has 2 rings (SSSR count). The van der Waals surface area contributed by atoms with Crippen LogP contribution in [0, 0.1) is 5.82 Å². The number of hydrogen-bond acceptors (Lipinski definition) is 3. The number of benzene rings is 1. The van der Waals surface area contributed by atoms with Crippen LogP contribution in [-0.4, -0.2) is 19.6 Å². The summed E-state index contributed by atoms with van der Waals surface area (Å²) in [6, 6.07) is 9.70. The van der Waals surface area contributed by atoms with Crippen LogP contribution in [0.15, 0.2) is 35.7 Å². The van der Waals surface area contributed by atoms with E-state index in [1.54, 1.807) is 23.5 Å². The molecule has 2 aromatic rings. The first kappa shape index (κ1) is 15.0. The van der Waals surface area contributed by atoms with E-state index in [0.29, 0.717) is 19.0 Å². The highest BCUT2D eigenvalue weighted by atomic mass is 32.1. The second-order valence-electron chi connectivity index (χ2n) is 5.10. The maximum absolute atomic E-state index is 13.7. The predicted molar refractivity (Wildman–Crippen MR) is 85.0 cm³/mol. The zero-order valence-corrected chi connectivity index (χ0v) is 12.8. The molecule has 0 aliphatic rings. The van der Waals surface area contributed by atoms with E-state index < -0.39 is 0 Å². The van der Waals surface area contributed by atoms with Crippen molar-refractivity contribution in [3.63, 3.8) is 0 Å². The van der Waals surface area contributed by atoms with Crippen LogP contribution in [0.5, 0.6) is 0 Å². The Labute approximate surface area is 124 Å². The van der Waals surface area contributed by atoms with E-state index in [1.807, 2.05) is 13.1 Å². The molecule has 0 aliphatic carbocycles. The normalized spacial score (nSPS) is 12.4. The van der Waals surface area contributed by atoms with Gasteiger partial charge < -0.3 is 10.6 Å². The number of nitrogens with zero attached hydrogens (tertiary/aromatic N) is 1. The SMILES string of the molecule is CC(Cc1cccs1)N(C)c1cc(F)cc(CCN)c1. The quantitative estimate of drug-likeness (QED) is 0.883. The number of thiophene rings is 1. The summed E-state index contributed by atoms with van der Waals surface area (Å²) in [6.45, 7) is 2.70. The number of hydrogen-bond donors (Lipinski definition) is 1. The maximum Gasteiger partial charge on any atom is 0.125 e. The fourth-order valence-electron chi connectivity index (χ4n) is 2.26. The summed E-state index contributed by atoms with van der Waals surface area (Å²) in [5.41, 5.74) is 7.42. The monoisotopic (exact) mass is 292 g/mol. The van der Waals surface area contributed by atoms with Gasteiger partial charge in [0.2, 0.25) is 0 Å². The first-order chi connectivity index (χ1) is 9.60. The highest BCUT2D eigenvalue weighted by molar-refractivity contribution is 7.09. The highest BCUT2D eigenvalue weighted by Gasteiger charge is 2.13. The van der Waals surface area contributed by atoms with Gasteiger partial charge in [-0.2, -0.15) is 0 Å². The van der Waals surface area contributed by atoms with E-state index >= 15 is 0 Å². The second-order valence-corrected chi connectivity index (χ2v) is 6.13. The summed E-state index contributed by atoms with van der Waals surface area (Å²) in [6.07, 6.45) is 1.68. The number of rotatable bonds is 6. The summed E-state index contributed by atoms with van der Waals surface area (Å²) in [5, 5.41) is 2.09. The predicted octanol–water partition coefficient (Wildman–Crippen LogP) is 3.46. The molecule has 0 fully saturated rings. The molecule has 1 heterocycles. The average Bonchev–Trinajstić information content (AvgIpc) is 2.90. The van der Waals surface area contributed by atoms with E-state index in [1.165, 1.54) is 4.88 Å². The van der Waals surface area contributed by atoms with Gasteiger partial charge in [-0.05, 0) is 55.1 Å². The molecule has 0 amide bonds. The Bertz CT molecular complexity index is 539. The van der Waals surface area contributed by atoms with Crippen molar-refractivity contribution >= 4 is 17.0 Å². The maximum atomic E-state index is 13.7. The van der Waals surface area contributed by atoms with E-state index in [4.69, 9.17) is 5.73 Å². The molecule has 1 aromatic carbocycles. The van der Waals surface area contributed by atoms with Crippen molar-refractivity contribution in [1.29, 1.82) is 0 Å². The summed E-state index contributed by atoms with van der Waals surface area (Å²) in [4.78, 5) is 3.48. The van der Waals surface area contributed by atoms with Gasteiger partial charge in [-0.15, -0.1) is 11.3 Å². The molecule has 1 unspecified atom stereocenters. The van der Waals surface area contributed by atoms with Crippen LogP contribution in [0.1, 0.15) is 17.4 Å². The van der Waals surface area contributed by atoms with Crippen LogP contribution in [0.25, 0.3) is 0 Å². The summed E-state index contributed by atoms with van der Waals surface area (Å²) < 4.78 is 13.7. The van der Waals surface area contributed by atoms with Crippen LogP contribution in [0.2, 0.25) is 0 Å². The first-order valence-electron chi connectivity index (χ1n) is 6.85. The third kappa shape index (κ3) is 3.81.